The van der Waals surface area contributed by atoms with Gasteiger partial charge in [-0.15, -0.1) is 0 Å². The van der Waals surface area contributed by atoms with Gasteiger partial charge in [0.05, 0.1) is 11.4 Å². The minimum atomic E-state index is -0.325. The molecule has 2 aromatic heterocycles. The second kappa shape index (κ2) is 4.16. The number of benzene rings is 1. The van der Waals surface area contributed by atoms with Gasteiger partial charge in [0.2, 0.25) is 0 Å². The number of esters is 1. The fraction of sp³-hybridized carbons (Fsp3) is 0.235. The molecule has 108 valence electrons. The molecule has 0 unspecified atom stereocenters. The Hall–Kier alpha value is -2.69. The maximum Gasteiger partial charge on any atom is 0.342 e. The molecule has 2 aliphatic rings. The number of hydrogen-bond acceptors (Lipinski definition) is 4. The number of carbonyl (C=O) groups excluding carboxylic acids is 1. The third kappa shape index (κ3) is 1.56. The Bertz CT molecular complexity index is 925. The van der Waals surface area contributed by atoms with Crippen LogP contribution in [0.5, 0.6) is 0 Å². The monoisotopic (exact) mass is 291 g/mol. The van der Waals surface area contributed by atoms with E-state index in [4.69, 9.17) is 4.74 Å². The lowest BCUT2D eigenvalue weighted by atomic mass is 10.0. The Morgan fingerprint density at radius 2 is 2.05 bits per heavy atom. The van der Waals surface area contributed by atoms with E-state index in [1.807, 2.05) is 12.1 Å². The Labute approximate surface area is 126 Å². The van der Waals surface area contributed by atoms with Crippen LogP contribution >= 0.6 is 0 Å². The molecule has 0 spiro atoms. The van der Waals surface area contributed by atoms with E-state index in [0.29, 0.717) is 23.0 Å². The summed E-state index contributed by atoms with van der Waals surface area (Å²) in [5.74, 6) is -0.325. The van der Waals surface area contributed by atoms with Crippen molar-refractivity contribution in [3.8, 4) is 11.3 Å². The molecular formula is C17H13N3O2. The minimum absolute atomic E-state index is 0.241. The summed E-state index contributed by atoms with van der Waals surface area (Å²) < 4.78 is 7.42. The molecule has 0 amide bonds. The molecule has 0 saturated heterocycles. The zero-order chi connectivity index (χ0) is 14.7. The number of para-hydroxylation sites is 1. The highest BCUT2D eigenvalue weighted by atomic mass is 16.5. The molecule has 1 aliphatic carbocycles. The van der Waals surface area contributed by atoms with Gasteiger partial charge in [0.15, 0.2) is 0 Å². The fourth-order valence-corrected chi connectivity index (χ4v) is 3.20. The normalized spacial score (nSPS) is 16.8. The predicted molar refractivity (Wildman–Crippen MR) is 80.4 cm³/mol. The molecule has 1 aromatic carbocycles. The van der Waals surface area contributed by atoms with E-state index in [1.54, 1.807) is 0 Å². The summed E-state index contributed by atoms with van der Waals surface area (Å²) in [5.41, 5.74) is 4.06. The zero-order valence-corrected chi connectivity index (χ0v) is 11.8. The largest absolute Gasteiger partial charge is 0.455 e. The molecule has 0 bridgehead atoms. The highest BCUT2D eigenvalue weighted by Crippen LogP contribution is 2.42. The molecule has 0 atom stereocenters. The fourth-order valence-electron chi connectivity index (χ4n) is 3.20. The van der Waals surface area contributed by atoms with Gasteiger partial charge in [-0.3, -0.25) is 0 Å². The molecule has 22 heavy (non-hydrogen) atoms. The summed E-state index contributed by atoms with van der Waals surface area (Å²) in [5, 5.41) is 1.12. The van der Waals surface area contributed by atoms with Crippen LogP contribution in [0, 0.1) is 0 Å². The Morgan fingerprint density at radius 1 is 1.18 bits per heavy atom. The molecule has 3 aromatic rings. The average molecular weight is 291 g/mol. The van der Waals surface area contributed by atoms with Gasteiger partial charge in [-0.1, -0.05) is 18.2 Å². The van der Waals surface area contributed by atoms with E-state index < -0.39 is 0 Å². The van der Waals surface area contributed by atoms with Crippen LogP contribution in [0.25, 0.3) is 22.2 Å². The van der Waals surface area contributed by atoms with E-state index in [9.17, 15) is 4.79 Å². The van der Waals surface area contributed by atoms with Gasteiger partial charge in [0, 0.05) is 28.7 Å². The molecule has 1 fully saturated rings. The number of hydrogen-bond donors (Lipinski definition) is 0. The van der Waals surface area contributed by atoms with Crippen LogP contribution in [0.1, 0.15) is 34.9 Å². The first-order valence-electron chi connectivity index (χ1n) is 7.44. The third-order valence-corrected chi connectivity index (χ3v) is 4.41. The number of fused-ring (bicyclic) bond motifs is 2. The smallest absolute Gasteiger partial charge is 0.342 e. The molecule has 0 radical (unpaired) electrons. The van der Waals surface area contributed by atoms with E-state index in [2.05, 4.69) is 32.9 Å². The summed E-state index contributed by atoms with van der Waals surface area (Å²) in [6.45, 7) is 0.241. The van der Waals surface area contributed by atoms with Crippen molar-refractivity contribution >= 4 is 16.9 Å². The first-order valence-corrected chi connectivity index (χ1v) is 7.44. The summed E-state index contributed by atoms with van der Waals surface area (Å²) in [4.78, 5) is 20.6. The molecule has 5 nitrogen and oxygen atoms in total. The standard InChI is InChI=1S/C17H13N3O2/c21-17-15-13(8-22-17)18-9-19-16(15)12-7-20(10-5-6-10)14-4-2-1-3-11(12)14/h1-4,7,9-10H,5-6,8H2. The first kappa shape index (κ1) is 11.9. The number of carbonyl (C=O) groups is 1. The van der Waals surface area contributed by atoms with Crippen molar-refractivity contribution in [3.63, 3.8) is 0 Å². The Morgan fingerprint density at radius 3 is 2.91 bits per heavy atom. The molecule has 0 N–H and O–H groups in total. The van der Waals surface area contributed by atoms with Crippen molar-refractivity contribution < 1.29 is 9.53 Å². The molecule has 5 rings (SSSR count). The Kier molecular flexibility index (Phi) is 2.25. The second-order valence-electron chi connectivity index (χ2n) is 5.82. The lowest BCUT2D eigenvalue weighted by Crippen LogP contribution is -2.00. The lowest BCUT2D eigenvalue weighted by Gasteiger charge is -2.02. The number of nitrogens with zero attached hydrogens (tertiary/aromatic N) is 3. The van der Waals surface area contributed by atoms with Crippen molar-refractivity contribution in [3.05, 3.63) is 48.0 Å². The van der Waals surface area contributed by atoms with Gasteiger partial charge in [-0.05, 0) is 18.9 Å². The van der Waals surface area contributed by atoms with Crippen LogP contribution in [-0.2, 0) is 11.3 Å². The van der Waals surface area contributed by atoms with Gasteiger partial charge in [-0.2, -0.15) is 0 Å². The number of rotatable bonds is 2. The van der Waals surface area contributed by atoms with Gasteiger partial charge >= 0.3 is 5.97 Å². The van der Waals surface area contributed by atoms with Crippen molar-refractivity contribution in [2.75, 3.05) is 0 Å². The number of ether oxygens (including phenoxy) is 1. The summed E-state index contributed by atoms with van der Waals surface area (Å²) in [7, 11) is 0. The van der Waals surface area contributed by atoms with Crippen LogP contribution in [0.3, 0.4) is 0 Å². The minimum Gasteiger partial charge on any atom is -0.455 e. The van der Waals surface area contributed by atoms with Crippen LogP contribution in [-0.4, -0.2) is 20.5 Å². The highest BCUT2D eigenvalue weighted by Gasteiger charge is 2.31. The van der Waals surface area contributed by atoms with E-state index in [1.165, 1.54) is 24.7 Å². The lowest BCUT2D eigenvalue weighted by molar-refractivity contribution is 0.0534. The molecule has 1 saturated carbocycles. The highest BCUT2D eigenvalue weighted by molar-refractivity contribution is 6.04. The van der Waals surface area contributed by atoms with Crippen LogP contribution in [0.2, 0.25) is 0 Å². The average Bonchev–Trinajstić information content (AvgIpc) is 3.22. The van der Waals surface area contributed by atoms with Gasteiger partial charge in [-0.25, -0.2) is 14.8 Å². The Balaban J connectivity index is 1.82. The van der Waals surface area contributed by atoms with E-state index in [-0.39, 0.29) is 12.6 Å². The maximum atomic E-state index is 12.0. The topological polar surface area (TPSA) is 57.0 Å². The molecule has 5 heteroatoms. The van der Waals surface area contributed by atoms with Gasteiger partial charge in [0.25, 0.3) is 0 Å². The quantitative estimate of drug-likeness (QED) is 0.681. The van der Waals surface area contributed by atoms with E-state index >= 15 is 0 Å². The van der Waals surface area contributed by atoms with Gasteiger partial charge < -0.3 is 9.30 Å². The van der Waals surface area contributed by atoms with Crippen molar-refractivity contribution in [2.45, 2.75) is 25.5 Å². The number of aromatic nitrogens is 3. The molecule has 3 heterocycles. The van der Waals surface area contributed by atoms with Crippen LogP contribution in [0.4, 0.5) is 0 Å². The molecular weight excluding hydrogens is 278 g/mol. The summed E-state index contributed by atoms with van der Waals surface area (Å²) in [6, 6.07) is 8.84. The zero-order valence-electron chi connectivity index (χ0n) is 11.8. The third-order valence-electron chi connectivity index (χ3n) is 4.41. The first-order chi connectivity index (χ1) is 10.8. The summed E-state index contributed by atoms with van der Waals surface area (Å²) in [6.07, 6.45) is 6.06. The SMILES string of the molecule is O=C1OCc2ncnc(-c3cn(C4CC4)c4ccccc34)c21. The summed E-state index contributed by atoms with van der Waals surface area (Å²) >= 11 is 0. The van der Waals surface area contributed by atoms with Crippen molar-refractivity contribution in [2.24, 2.45) is 0 Å². The van der Waals surface area contributed by atoms with Gasteiger partial charge in [0.1, 0.15) is 18.5 Å². The van der Waals surface area contributed by atoms with E-state index in [0.717, 1.165) is 10.9 Å². The van der Waals surface area contributed by atoms with Crippen LogP contribution < -0.4 is 0 Å². The van der Waals surface area contributed by atoms with Crippen molar-refractivity contribution in [1.29, 1.82) is 0 Å². The predicted octanol–water partition coefficient (Wildman–Crippen LogP) is 3.10. The number of cyclic esters (lactones) is 1. The van der Waals surface area contributed by atoms with Crippen molar-refractivity contribution in [1.82, 2.24) is 14.5 Å². The maximum absolute atomic E-state index is 12.0. The van der Waals surface area contributed by atoms with Crippen LogP contribution in [0.15, 0.2) is 36.8 Å². The second-order valence-corrected chi connectivity index (χ2v) is 5.82. The molecule has 1 aliphatic heterocycles.